The third-order valence-corrected chi connectivity index (χ3v) is 8.76. The number of rotatable bonds is 9. The van der Waals surface area contributed by atoms with Gasteiger partial charge in [0.2, 0.25) is 11.6 Å². The van der Waals surface area contributed by atoms with Crippen molar-refractivity contribution >= 4 is 29.0 Å². The number of ether oxygens (including phenoxy) is 3. The fourth-order valence-corrected chi connectivity index (χ4v) is 6.46. The lowest BCUT2D eigenvalue weighted by atomic mass is 9.95. The number of carbonyl (C=O) groups is 1. The second-order valence-electron chi connectivity index (χ2n) is 10.8. The molecule has 250 valence electrons. The first-order valence-corrected chi connectivity index (χ1v) is 15.6. The summed E-state index contributed by atoms with van der Waals surface area (Å²) in [5.74, 6) is -7.32. The van der Waals surface area contributed by atoms with Gasteiger partial charge in [0, 0.05) is 17.3 Å². The highest BCUT2D eigenvalue weighted by atomic mass is 32.1. The van der Waals surface area contributed by atoms with E-state index in [0.717, 1.165) is 11.3 Å². The number of allylic oxidation sites excluding steroid dienone is 1. The van der Waals surface area contributed by atoms with Crippen molar-refractivity contribution in [3.63, 3.8) is 0 Å². The average molecular weight is 690 g/mol. The number of nitrogens with zero attached hydrogens (tertiary/aromatic N) is 2. The van der Waals surface area contributed by atoms with E-state index in [-0.39, 0.29) is 27.5 Å². The summed E-state index contributed by atoms with van der Waals surface area (Å²) in [6.45, 7) is 1.19. The number of hydrogen-bond acceptors (Lipinski definition) is 7. The molecule has 6 rings (SSSR count). The molecule has 0 bridgehead atoms. The number of methoxy groups -OCH3 is 2. The molecule has 49 heavy (non-hydrogen) atoms. The smallest absolute Gasteiger partial charge is 0.271 e. The average Bonchev–Trinajstić information content (AvgIpc) is 3.40. The van der Waals surface area contributed by atoms with Crippen LogP contribution in [0.2, 0.25) is 0 Å². The molecular weight excluding hydrogens is 662 g/mol. The van der Waals surface area contributed by atoms with E-state index in [4.69, 9.17) is 14.2 Å². The lowest BCUT2D eigenvalue weighted by Crippen LogP contribution is -2.40. The summed E-state index contributed by atoms with van der Waals surface area (Å²) in [7, 11) is 2.90. The Morgan fingerprint density at radius 1 is 0.939 bits per heavy atom. The third kappa shape index (κ3) is 6.57. The molecule has 0 aliphatic carbocycles. The van der Waals surface area contributed by atoms with Crippen molar-refractivity contribution in [2.45, 2.75) is 19.6 Å². The molecule has 13 heteroatoms. The van der Waals surface area contributed by atoms with Crippen LogP contribution < -0.4 is 34.4 Å². The van der Waals surface area contributed by atoms with Crippen LogP contribution in [0.15, 0.2) is 99.9 Å². The van der Waals surface area contributed by atoms with Crippen LogP contribution in [-0.4, -0.2) is 24.7 Å². The first kappa shape index (κ1) is 33.2. The van der Waals surface area contributed by atoms with Crippen molar-refractivity contribution in [2.24, 2.45) is 4.99 Å². The van der Waals surface area contributed by atoms with E-state index in [9.17, 15) is 27.2 Å². The molecule has 1 N–H and O–H groups in total. The van der Waals surface area contributed by atoms with Gasteiger partial charge in [0.1, 0.15) is 18.1 Å². The lowest BCUT2D eigenvalue weighted by Gasteiger charge is -2.25. The largest absolute Gasteiger partial charge is 0.497 e. The van der Waals surface area contributed by atoms with Crippen LogP contribution in [0, 0.1) is 23.3 Å². The fourth-order valence-electron chi connectivity index (χ4n) is 5.41. The van der Waals surface area contributed by atoms with Crippen molar-refractivity contribution in [1.82, 2.24) is 4.57 Å². The van der Waals surface area contributed by atoms with Crippen molar-refractivity contribution < 1.29 is 36.6 Å². The van der Waals surface area contributed by atoms with E-state index in [1.54, 1.807) is 79.7 Å². The second-order valence-corrected chi connectivity index (χ2v) is 11.8. The van der Waals surface area contributed by atoms with Crippen molar-refractivity contribution in [3.8, 4) is 17.2 Å². The maximum atomic E-state index is 14.2. The number of aromatic nitrogens is 1. The molecule has 2 heterocycles. The quantitative estimate of drug-likeness (QED) is 0.151. The Bertz CT molecular complexity index is 2260. The van der Waals surface area contributed by atoms with Gasteiger partial charge in [-0.25, -0.2) is 13.8 Å². The number of nitrogens with one attached hydrogen (secondary N) is 1. The molecular formula is C36H27F4N3O5S. The minimum atomic E-state index is -1.67. The van der Waals surface area contributed by atoms with Gasteiger partial charge in [0.15, 0.2) is 22.2 Å². The summed E-state index contributed by atoms with van der Waals surface area (Å²) in [6.07, 6.45) is 1.59. The first-order valence-electron chi connectivity index (χ1n) is 14.7. The van der Waals surface area contributed by atoms with Crippen LogP contribution in [0.5, 0.6) is 17.2 Å². The zero-order chi connectivity index (χ0) is 34.8. The Morgan fingerprint density at radius 3 is 2.29 bits per heavy atom. The molecule has 1 atom stereocenters. The van der Waals surface area contributed by atoms with E-state index < -0.39 is 53.1 Å². The molecule has 5 aromatic rings. The number of para-hydroxylation sites is 1. The Kier molecular flexibility index (Phi) is 9.36. The number of hydrogen-bond donors (Lipinski definition) is 1. The van der Waals surface area contributed by atoms with E-state index in [1.165, 1.54) is 18.8 Å². The van der Waals surface area contributed by atoms with E-state index in [1.807, 2.05) is 6.07 Å². The lowest BCUT2D eigenvalue weighted by molar-refractivity contribution is -0.113. The Morgan fingerprint density at radius 2 is 1.63 bits per heavy atom. The van der Waals surface area contributed by atoms with Gasteiger partial charge in [-0.1, -0.05) is 47.7 Å². The van der Waals surface area contributed by atoms with Crippen LogP contribution in [0.4, 0.5) is 23.2 Å². The third-order valence-electron chi connectivity index (χ3n) is 7.78. The van der Waals surface area contributed by atoms with Gasteiger partial charge in [0.05, 0.1) is 36.1 Å². The molecule has 8 nitrogen and oxygen atoms in total. The second kappa shape index (κ2) is 13.8. The van der Waals surface area contributed by atoms with Gasteiger partial charge in [-0.3, -0.25) is 14.2 Å². The minimum absolute atomic E-state index is 0.0913. The topological polar surface area (TPSA) is 91.2 Å². The maximum absolute atomic E-state index is 14.2. The molecule has 1 aromatic heterocycles. The summed E-state index contributed by atoms with van der Waals surface area (Å²) in [5.41, 5.74) is 2.28. The standard InChI is InChI=1S/C36H27F4N3O5S/c1-19-29(34(44)42-23-7-5-4-6-8-23)32(21-10-12-24(46-2)13-11-21)43-35(45)28(49-36(43)41-19)16-20-9-14-27(47-3)22(15-20)18-48-33-30(39)25(37)17-26(38)31(33)40/h4-17,32H,18H2,1-3H3,(H,42,44)/t32-/m0/s1. The van der Waals surface area contributed by atoms with Crippen molar-refractivity contribution in [2.75, 3.05) is 19.5 Å². The van der Waals surface area contributed by atoms with Gasteiger partial charge in [-0.05, 0) is 60.5 Å². The first-order chi connectivity index (χ1) is 23.6. The Labute approximate surface area is 280 Å². The molecule has 0 radical (unpaired) electrons. The van der Waals surface area contributed by atoms with Crippen LogP contribution in [0.1, 0.15) is 29.7 Å². The number of anilines is 1. The summed E-state index contributed by atoms with van der Waals surface area (Å²) in [6, 6.07) is 20.0. The highest BCUT2D eigenvalue weighted by Crippen LogP contribution is 2.32. The number of fused-ring (bicyclic) bond motifs is 1. The molecule has 1 amide bonds. The maximum Gasteiger partial charge on any atom is 0.271 e. The SMILES string of the molecule is COc1ccc([C@H]2C(C(=O)Nc3ccccc3)=C(C)N=c3sc(=Cc4ccc(OC)c(COc5c(F)c(F)cc(F)c5F)c4)c(=O)n32)cc1. The molecule has 4 aromatic carbocycles. The summed E-state index contributed by atoms with van der Waals surface area (Å²) in [5, 5.41) is 2.90. The number of halogens is 4. The van der Waals surface area contributed by atoms with Gasteiger partial charge in [0.25, 0.3) is 11.5 Å². The molecule has 0 saturated heterocycles. The van der Waals surface area contributed by atoms with Gasteiger partial charge >= 0.3 is 0 Å². The number of amides is 1. The zero-order valence-corrected chi connectivity index (χ0v) is 27.0. The number of thiazole rings is 1. The predicted molar refractivity (Wildman–Crippen MR) is 175 cm³/mol. The number of carbonyl (C=O) groups excluding carboxylic acids is 1. The monoisotopic (exact) mass is 689 g/mol. The van der Waals surface area contributed by atoms with Gasteiger partial charge in [-0.15, -0.1) is 0 Å². The Balaban J connectivity index is 1.41. The predicted octanol–water partition coefficient (Wildman–Crippen LogP) is 6.03. The highest BCUT2D eigenvalue weighted by molar-refractivity contribution is 7.07. The minimum Gasteiger partial charge on any atom is -0.497 e. The molecule has 1 aliphatic heterocycles. The summed E-state index contributed by atoms with van der Waals surface area (Å²) in [4.78, 5) is 32.9. The van der Waals surface area contributed by atoms with Crippen molar-refractivity contribution in [3.05, 3.63) is 150 Å². The van der Waals surface area contributed by atoms with Crippen LogP contribution >= 0.6 is 11.3 Å². The van der Waals surface area contributed by atoms with E-state index in [2.05, 4.69) is 10.3 Å². The van der Waals surface area contributed by atoms with E-state index in [0.29, 0.717) is 33.1 Å². The van der Waals surface area contributed by atoms with E-state index >= 15 is 0 Å². The van der Waals surface area contributed by atoms with Crippen LogP contribution in [-0.2, 0) is 11.4 Å². The van der Waals surface area contributed by atoms with Gasteiger partial charge < -0.3 is 19.5 Å². The van der Waals surface area contributed by atoms with Crippen LogP contribution in [0.25, 0.3) is 6.08 Å². The zero-order valence-electron chi connectivity index (χ0n) is 26.2. The van der Waals surface area contributed by atoms with Crippen LogP contribution in [0.3, 0.4) is 0 Å². The summed E-state index contributed by atoms with van der Waals surface area (Å²) >= 11 is 1.11. The Hall–Kier alpha value is -5.69. The molecule has 0 unspecified atom stereocenters. The normalized spacial score (nSPS) is 14.3. The molecule has 0 fully saturated rings. The highest BCUT2D eigenvalue weighted by Gasteiger charge is 2.32. The molecule has 0 spiro atoms. The molecule has 1 aliphatic rings. The van der Waals surface area contributed by atoms with Gasteiger partial charge in [-0.2, -0.15) is 8.78 Å². The molecule has 0 saturated carbocycles. The number of benzene rings is 4. The fraction of sp³-hybridized carbons (Fsp3) is 0.139. The van der Waals surface area contributed by atoms with Crippen molar-refractivity contribution in [1.29, 1.82) is 0 Å². The summed E-state index contributed by atoms with van der Waals surface area (Å²) < 4.78 is 73.5.